The molecule has 0 aliphatic rings. The van der Waals surface area contributed by atoms with Crippen molar-refractivity contribution in [3.8, 4) is 17.0 Å². The lowest BCUT2D eigenvalue weighted by molar-refractivity contribution is 0.0528. The number of rotatable bonds is 4. The van der Waals surface area contributed by atoms with Crippen molar-refractivity contribution >= 4 is 11.8 Å². The van der Waals surface area contributed by atoms with Crippen molar-refractivity contribution in [3.63, 3.8) is 0 Å². The van der Waals surface area contributed by atoms with E-state index in [1.54, 1.807) is 20.1 Å². The molecule has 2 aromatic rings. The van der Waals surface area contributed by atoms with Crippen LogP contribution in [0.4, 0.5) is 5.82 Å². The maximum atomic E-state index is 11.9. The summed E-state index contributed by atoms with van der Waals surface area (Å²) in [6, 6.07) is 7.25. The number of H-pyrrole nitrogens is 1. The van der Waals surface area contributed by atoms with E-state index in [4.69, 9.17) is 15.2 Å². The zero-order chi connectivity index (χ0) is 13.8. The quantitative estimate of drug-likeness (QED) is 0.819. The highest BCUT2D eigenvalue weighted by Crippen LogP contribution is 2.28. The van der Waals surface area contributed by atoms with Gasteiger partial charge in [-0.1, -0.05) is 12.1 Å². The first-order valence-electron chi connectivity index (χ1n) is 5.82. The largest absolute Gasteiger partial charge is 0.497 e. The second-order valence-electron chi connectivity index (χ2n) is 3.81. The fourth-order valence-corrected chi connectivity index (χ4v) is 1.75. The molecule has 0 unspecified atom stereocenters. The molecule has 19 heavy (non-hydrogen) atoms. The molecule has 0 bridgehead atoms. The number of nitrogens with zero attached hydrogens (tertiary/aromatic N) is 1. The minimum absolute atomic E-state index is 0.122. The van der Waals surface area contributed by atoms with Crippen molar-refractivity contribution in [2.45, 2.75) is 6.92 Å². The van der Waals surface area contributed by atoms with Crippen LogP contribution in [0, 0.1) is 0 Å². The number of hydrogen-bond donors (Lipinski definition) is 2. The molecule has 6 heteroatoms. The molecule has 6 nitrogen and oxygen atoms in total. The van der Waals surface area contributed by atoms with Crippen molar-refractivity contribution in [1.82, 2.24) is 10.2 Å². The normalized spacial score (nSPS) is 10.2. The number of anilines is 1. The Kier molecular flexibility index (Phi) is 3.70. The van der Waals surface area contributed by atoms with E-state index in [9.17, 15) is 4.79 Å². The van der Waals surface area contributed by atoms with E-state index in [0.717, 1.165) is 5.56 Å². The number of methoxy groups -OCH3 is 1. The van der Waals surface area contributed by atoms with E-state index in [1.807, 2.05) is 18.2 Å². The lowest BCUT2D eigenvalue weighted by atomic mass is 10.1. The first kappa shape index (κ1) is 12.9. The number of nitrogens with one attached hydrogen (secondary N) is 1. The van der Waals surface area contributed by atoms with Crippen LogP contribution in [0.5, 0.6) is 5.75 Å². The van der Waals surface area contributed by atoms with Crippen molar-refractivity contribution in [2.75, 3.05) is 19.5 Å². The third-order valence-corrected chi connectivity index (χ3v) is 2.63. The Hall–Kier alpha value is -2.50. The van der Waals surface area contributed by atoms with E-state index in [-0.39, 0.29) is 18.0 Å². The molecule has 1 aromatic carbocycles. The zero-order valence-corrected chi connectivity index (χ0v) is 10.8. The van der Waals surface area contributed by atoms with E-state index in [0.29, 0.717) is 11.4 Å². The highest BCUT2D eigenvalue weighted by molar-refractivity contribution is 6.00. The van der Waals surface area contributed by atoms with Crippen molar-refractivity contribution in [1.29, 1.82) is 0 Å². The van der Waals surface area contributed by atoms with Gasteiger partial charge >= 0.3 is 5.97 Å². The molecule has 1 heterocycles. The minimum Gasteiger partial charge on any atom is -0.497 e. The number of ether oxygens (including phenoxy) is 2. The molecule has 0 saturated carbocycles. The lowest BCUT2D eigenvalue weighted by Gasteiger charge is -2.05. The fraction of sp³-hybridized carbons (Fsp3) is 0.231. The summed E-state index contributed by atoms with van der Waals surface area (Å²) < 4.78 is 10.1. The van der Waals surface area contributed by atoms with Crippen LogP contribution >= 0.6 is 0 Å². The highest BCUT2D eigenvalue weighted by atomic mass is 16.5. The molecule has 0 spiro atoms. The third kappa shape index (κ3) is 2.52. The van der Waals surface area contributed by atoms with Gasteiger partial charge < -0.3 is 15.2 Å². The van der Waals surface area contributed by atoms with Crippen LogP contribution in [0.1, 0.15) is 17.3 Å². The monoisotopic (exact) mass is 261 g/mol. The molecular formula is C13H15N3O3. The highest BCUT2D eigenvalue weighted by Gasteiger charge is 2.21. The van der Waals surface area contributed by atoms with Gasteiger partial charge in [0.2, 0.25) is 0 Å². The minimum atomic E-state index is -0.494. The molecule has 0 aliphatic heterocycles. The predicted octanol–water partition coefficient (Wildman–Crippen LogP) is 1.84. The summed E-state index contributed by atoms with van der Waals surface area (Å²) in [5.41, 5.74) is 7.23. The zero-order valence-electron chi connectivity index (χ0n) is 10.8. The standard InChI is InChI=1S/C13H15N3O3/c1-3-19-13(17)10-11(15-16-12(10)14)8-5-4-6-9(7-8)18-2/h4-7H,3H2,1-2H3,(H3,14,15,16). The van der Waals surface area contributed by atoms with Gasteiger partial charge in [0.1, 0.15) is 11.3 Å². The molecule has 0 aliphatic carbocycles. The number of aromatic amines is 1. The first-order valence-corrected chi connectivity index (χ1v) is 5.82. The van der Waals surface area contributed by atoms with Gasteiger partial charge in [-0.2, -0.15) is 5.10 Å². The molecular weight excluding hydrogens is 246 g/mol. The number of benzene rings is 1. The summed E-state index contributed by atoms with van der Waals surface area (Å²) in [4.78, 5) is 11.9. The maximum Gasteiger partial charge on any atom is 0.344 e. The molecule has 1 aromatic heterocycles. The van der Waals surface area contributed by atoms with Crippen LogP contribution in [-0.4, -0.2) is 29.9 Å². The van der Waals surface area contributed by atoms with Gasteiger partial charge in [0.05, 0.1) is 19.4 Å². The summed E-state index contributed by atoms with van der Waals surface area (Å²) in [7, 11) is 1.58. The van der Waals surface area contributed by atoms with Crippen molar-refractivity contribution < 1.29 is 14.3 Å². The molecule has 2 rings (SSSR count). The number of hydrogen-bond acceptors (Lipinski definition) is 5. The molecule has 0 radical (unpaired) electrons. The van der Waals surface area contributed by atoms with E-state index in [1.165, 1.54) is 0 Å². The summed E-state index contributed by atoms with van der Waals surface area (Å²) >= 11 is 0. The molecule has 0 saturated heterocycles. The average molecular weight is 261 g/mol. The van der Waals surface area contributed by atoms with Gasteiger partial charge in [0.25, 0.3) is 0 Å². The van der Waals surface area contributed by atoms with Gasteiger partial charge in [0.15, 0.2) is 5.82 Å². The molecule has 3 N–H and O–H groups in total. The second-order valence-corrected chi connectivity index (χ2v) is 3.81. The van der Waals surface area contributed by atoms with Crippen LogP contribution in [0.2, 0.25) is 0 Å². The maximum absolute atomic E-state index is 11.9. The molecule has 0 amide bonds. The van der Waals surface area contributed by atoms with Crippen molar-refractivity contribution in [2.24, 2.45) is 0 Å². The third-order valence-electron chi connectivity index (χ3n) is 2.63. The number of esters is 1. The van der Waals surface area contributed by atoms with E-state index >= 15 is 0 Å². The predicted molar refractivity (Wildman–Crippen MR) is 70.9 cm³/mol. The SMILES string of the molecule is CCOC(=O)c1c(N)n[nH]c1-c1cccc(OC)c1. The van der Waals surface area contributed by atoms with Gasteiger partial charge in [-0.05, 0) is 19.1 Å². The van der Waals surface area contributed by atoms with Gasteiger partial charge in [-0.25, -0.2) is 4.79 Å². The van der Waals surface area contributed by atoms with E-state index in [2.05, 4.69) is 10.2 Å². The van der Waals surface area contributed by atoms with Crippen LogP contribution in [-0.2, 0) is 4.74 Å². The number of nitrogen functional groups attached to an aromatic ring is 1. The number of aromatic nitrogens is 2. The average Bonchev–Trinajstić information content (AvgIpc) is 2.81. The Labute approximate surface area is 110 Å². The Morgan fingerprint density at radius 1 is 1.47 bits per heavy atom. The summed E-state index contributed by atoms with van der Waals surface area (Å²) in [5.74, 6) is 0.309. The van der Waals surface area contributed by atoms with Crippen LogP contribution in [0.15, 0.2) is 24.3 Å². The number of nitrogens with two attached hydrogens (primary N) is 1. The number of carbonyl (C=O) groups excluding carboxylic acids is 1. The lowest BCUT2D eigenvalue weighted by Crippen LogP contribution is -2.07. The van der Waals surface area contributed by atoms with Gasteiger partial charge in [-0.3, -0.25) is 5.10 Å². The Morgan fingerprint density at radius 2 is 2.26 bits per heavy atom. The number of carbonyl (C=O) groups is 1. The molecule has 0 fully saturated rings. The Balaban J connectivity index is 2.47. The Morgan fingerprint density at radius 3 is 2.95 bits per heavy atom. The smallest absolute Gasteiger partial charge is 0.344 e. The summed E-state index contributed by atoms with van der Waals surface area (Å²) in [6.45, 7) is 2.01. The van der Waals surface area contributed by atoms with Gasteiger partial charge in [0, 0.05) is 5.56 Å². The van der Waals surface area contributed by atoms with Crippen LogP contribution in [0.3, 0.4) is 0 Å². The summed E-state index contributed by atoms with van der Waals surface area (Å²) in [5, 5.41) is 6.61. The topological polar surface area (TPSA) is 90.2 Å². The summed E-state index contributed by atoms with van der Waals surface area (Å²) in [6.07, 6.45) is 0. The fourth-order valence-electron chi connectivity index (χ4n) is 1.75. The second kappa shape index (κ2) is 5.43. The van der Waals surface area contributed by atoms with Crippen molar-refractivity contribution in [3.05, 3.63) is 29.8 Å². The molecule has 0 atom stereocenters. The van der Waals surface area contributed by atoms with Gasteiger partial charge in [-0.15, -0.1) is 0 Å². The molecule has 100 valence electrons. The van der Waals surface area contributed by atoms with Crippen LogP contribution in [0.25, 0.3) is 11.3 Å². The Bertz CT molecular complexity index is 593. The van der Waals surface area contributed by atoms with E-state index < -0.39 is 5.97 Å². The van der Waals surface area contributed by atoms with Crippen LogP contribution < -0.4 is 10.5 Å². The first-order chi connectivity index (χ1) is 9.17.